The number of hydrogen-bond acceptors (Lipinski definition) is 3. The molecule has 29 heavy (non-hydrogen) atoms. The quantitative estimate of drug-likeness (QED) is 0.401. The van der Waals surface area contributed by atoms with E-state index in [1.54, 1.807) is 0 Å². The van der Waals surface area contributed by atoms with E-state index in [4.69, 9.17) is 9.47 Å². The first-order valence-electron chi connectivity index (χ1n) is 10.1. The molecule has 3 heteroatoms. The third kappa shape index (κ3) is 2.48. The molecule has 4 aromatic carbocycles. The van der Waals surface area contributed by atoms with Crippen LogP contribution in [0.4, 0.5) is 0 Å². The highest BCUT2D eigenvalue weighted by Crippen LogP contribution is 2.52. The van der Waals surface area contributed by atoms with Crippen LogP contribution >= 0.6 is 0 Å². The summed E-state index contributed by atoms with van der Waals surface area (Å²) in [5.41, 5.74) is 3.53. The van der Waals surface area contributed by atoms with Crippen molar-refractivity contribution in [3.8, 4) is 11.5 Å². The van der Waals surface area contributed by atoms with Crippen molar-refractivity contribution in [2.24, 2.45) is 0 Å². The number of hydrogen-bond donors (Lipinski definition) is 0. The normalized spacial score (nSPS) is 22.7. The molecule has 0 saturated carbocycles. The van der Waals surface area contributed by atoms with Gasteiger partial charge in [0.05, 0.1) is 6.04 Å². The van der Waals surface area contributed by atoms with Crippen LogP contribution in [0.3, 0.4) is 0 Å². The molecule has 142 valence electrons. The van der Waals surface area contributed by atoms with Gasteiger partial charge in [-0.05, 0) is 35.4 Å². The van der Waals surface area contributed by atoms with E-state index in [1.807, 2.05) is 18.2 Å². The molecule has 3 nitrogen and oxygen atoms in total. The van der Waals surface area contributed by atoms with Crippen molar-refractivity contribution in [3.63, 3.8) is 0 Å². The molecule has 6 rings (SSSR count). The molecule has 0 radical (unpaired) electrons. The zero-order chi connectivity index (χ0) is 19.4. The monoisotopic (exact) mass is 379 g/mol. The second kappa shape index (κ2) is 6.36. The summed E-state index contributed by atoms with van der Waals surface area (Å²) in [6.45, 7) is 2.11. The van der Waals surface area contributed by atoms with Crippen LogP contribution in [-0.4, -0.2) is 11.1 Å². The van der Waals surface area contributed by atoms with Gasteiger partial charge < -0.3 is 9.47 Å². The maximum Gasteiger partial charge on any atom is 0.186 e. The highest BCUT2D eigenvalue weighted by atomic mass is 16.5. The maximum atomic E-state index is 6.64. The molecule has 0 saturated heterocycles. The lowest BCUT2D eigenvalue weighted by Crippen LogP contribution is -2.50. The molecule has 0 aromatic heterocycles. The lowest BCUT2D eigenvalue weighted by molar-refractivity contribution is -0.122. The molecule has 2 aliphatic rings. The van der Waals surface area contributed by atoms with E-state index in [2.05, 4.69) is 84.6 Å². The Hall–Kier alpha value is -3.30. The summed E-state index contributed by atoms with van der Waals surface area (Å²) >= 11 is 0. The number of rotatable bonds is 1. The number of fused-ring (bicyclic) bond motifs is 6. The minimum atomic E-state index is -0.186. The lowest BCUT2D eigenvalue weighted by Gasteiger charge is -2.49. The van der Waals surface area contributed by atoms with Gasteiger partial charge >= 0.3 is 0 Å². The summed E-state index contributed by atoms with van der Waals surface area (Å²) in [7, 11) is 0. The second-order valence-electron chi connectivity index (χ2n) is 7.68. The van der Waals surface area contributed by atoms with Gasteiger partial charge in [0.1, 0.15) is 11.5 Å². The van der Waals surface area contributed by atoms with Crippen LogP contribution in [0.5, 0.6) is 11.5 Å². The van der Waals surface area contributed by atoms with Crippen LogP contribution in [-0.2, 0) is 0 Å². The molecule has 0 aliphatic carbocycles. The van der Waals surface area contributed by atoms with E-state index in [9.17, 15) is 0 Å². The Morgan fingerprint density at radius 1 is 0.690 bits per heavy atom. The number of benzene rings is 4. The predicted octanol–water partition coefficient (Wildman–Crippen LogP) is 6.06. The van der Waals surface area contributed by atoms with Gasteiger partial charge in [-0.1, -0.05) is 78.9 Å². The molecule has 2 heterocycles. The number of para-hydroxylation sites is 1. The average molecular weight is 379 g/mol. The van der Waals surface area contributed by atoms with Gasteiger partial charge in [-0.2, -0.15) is 0 Å². The van der Waals surface area contributed by atoms with Crippen LogP contribution < -0.4 is 9.47 Å². The minimum absolute atomic E-state index is 0.0411. The molecular formula is C26H21NO2. The zero-order valence-electron chi connectivity index (χ0n) is 16.2. The minimum Gasteiger partial charge on any atom is -0.475 e. The van der Waals surface area contributed by atoms with Gasteiger partial charge in [-0.15, -0.1) is 0 Å². The largest absolute Gasteiger partial charge is 0.475 e. The summed E-state index contributed by atoms with van der Waals surface area (Å²) in [6.07, 6.45) is -0.305. The molecule has 2 aliphatic heterocycles. The summed E-state index contributed by atoms with van der Waals surface area (Å²) in [5, 5.41) is 2.45. The van der Waals surface area contributed by atoms with Gasteiger partial charge in [0.25, 0.3) is 0 Å². The first-order chi connectivity index (χ1) is 14.3. The molecular weight excluding hydrogens is 358 g/mol. The Labute approximate surface area is 170 Å². The van der Waals surface area contributed by atoms with Gasteiger partial charge in [-0.3, -0.25) is 0 Å². The van der Waals surface area contributed by atoms with Crippen molar-refractivity contribution in [2.45, 2.75) is 25.4 Å². The fraction of sp³-hybridized carbons (Fsp3) is 0.154. The maximum absolute atomic E-state index is 6.64. The van der Waals surface area contributed by atoms with Crippen molar-refractivity contribution in [3.05, 3.63) is 108 Å². The van der Waals surface area contributed by atoms with E-state index < -0.39 is 0 Å². The van der Waals surface area contributed by atoms with E-state index >= 15 is 0 Å². The van der Waals surface area contributed by atoms with Crippen molar-refractivity contribution >= 4 is 10.8 Å². The Balaban J connectivity index is 1.65. The fourth-order valence-corrected chi connectivity index (χ4v) is 4.76. The second-order valence-corrected chi connectivity index (χ2v) is 7.68. The van der Waals surface area contributed by atoms with E-state index in [0.717, 1.165) is 17.1 Å². The van der Waals surface area contributed by atoms with Crippen LogP contribution in [0, 0.1) is 0 Å². The van der Waals surface area contributed by atoms with Gasteiger partial charge in [0.15, 0.2) is 12.5 Å². The molecule has 0 N–H and O–H groups in total. The topological polar surface area (TPSA) is 21.7 Å². The molecule has 0 unspecified atom stereocenters. The van der Waals surface area contributed by atoms with Gasteiger partial charge in [0.2, 0.25) is 0 Å². The summed E-state index contributed by atoms with van der Waals surface area (Å²) in [4.78, 5) is 2.35. The first kappa shape index (κ1) is 16.6. The van der Waals surface area contributed by atoms with Crippen molar-refractivity contribution in [1.82, 2.24) is 4.90 Å². The summed E-state index contributed by atoms with van der Waals surface area (Å²) < 4.78 is 13.0. The van der Waals surface area contributed by atoms with Crippen molar-refractivity contribution < 1.29 is 9.47 Å². The SMILES string of the molecule is C[C@H]1Oc2ccccc2[C@H]2Oc3ccc4ccccc4c3[C@H](c3ccccc3)N21. The average Bonchev–Trinajstić information content (AvgIpc) is 2.78. The fourth-order valence-electron chi connectivity index (χ4n) is 4.76. The Bertz CT molecular complexity index is 1200. The summed E-state index contributed by atoms with van der Waals surface area (Å²) in [6, 6.07) is 31.7. The summed E-state index contributed by atoms with van der Waals surface area (Å²) in [5.74, 6) is 1.85. The molecule has 0 fully saturated rings. The van der Waals surface area contributed by atoms with Crippen molar-refractivity contribution in [1.29, 1.82) is 0 Å². The molecule has 0 amide bonds. The Morgan fingerprint density at radius 3 is 2.34 bits per heavy atom. The van der Waals surface area contributed by atoms with Crippen LogP contribution in [0.1, 0.15) is 35.9 Å². The highest BCUT2D eigenvalue weighted by Gasteiger charge is 2.45. The lowest BCUT2D eigenvalue weighted by atomic mass is 9.89. The Kier molecular flexibility index (Phi) is 3.65. The smallest absolute Gasteiger partial charge is 0.186 e. The Morgan fingerprint density at radius 2 is 1.45 bits per heavy atom. The first-order valence-corrected chi connectivity index (χ1v) is 10.1. The molecule has 4 aromatic rings. The highest BCUT2D eigenvalue weighted by molar-refractivity contribution is 5.89. The number of ether oxygens (including phenoxy) is 2. The van der Waals surface area contributed by atoms with Crippen molar-refractivity contribution in [2.75, 3.05) is 0 Å². The van der Waals surface area contributed by atoms with Crippen LogP contribution in [0.25, 0.3) is 10.8 Å². The van der Waals surface area contributed by atoms with Crippen LogP contribution in [0.15, 0.2) is 91.0 Å². The number of nitrogens with zero attached hydrogens (tertiary/aromatic N) is 1. The third-order valence-electron chi connectivity index (χ3n) is 6.03. The molecule has 0 bridgehead atoms. The third-order valence-corrected chi connectivity index (χ3v) is 6.03. The van der Waals surface area contributed by atoms with Crippen LogP contribution in [0.2, 0.25) is 0 Å². The van der Waals surface area contributed by atoms with E-state index in [1.165, 1.54) is 21.9 Å². The standard InChI is InChI=1S/C26H21NO2/c1-17-27-25(19-10-3-2-4-11-19)24-20-12-6-5-9-18(20)15-16-23(24)29-26(27)21-13-7-8-14-22(21)28-17/h2-17,25-26H,1H3/t17-,25+,26-/m1/s1. The van der Waals surface area contributed by atoms with E-state index in [0.29, 0.717) is 0 Å². The molecule has 0 spiro atoms. The predicted molar refractivity (Wildman–Crippen MR) is 114 cm³/mol. The van der Waals surface area contributed by atoms with Gasteiger partial charge in [-0.25, -0.2) is 4.90 Å². The molecule has 3 atom stereocenters. The van der Waals surface area contributed by atoms with E-state index in [-0.39, 0.29) is 18.5 Å². The van der Waals surface area contributed by atoms with Gasteiger partial charge in [0, 0.05) is 11.1 Å². The zero-order valence-corrected chi connectivity index (χ0v) is 16.2.